The third kappa shape index (κ3) is 12.6. The van der Waals surface area contributed by atoms with Crippen LogP contribution in [0.1, 0.15) is 107 Å². The highest BCUT2D eigenvalue weighted by atomic mass is 16.5. The average Bonchev–Trinajstić information content (AvgIpc) is 2.85. The number of carbonyl (C=O) groups is 4. The summed E-state index contributed by atoms with van der Waals surface area (Å²) in [6.45, 7) is 16.8. The molecule has 0 radical (unpaired) electrons. The van der Waals surface area contributed by atoms with Crippen LogP contribution in [0.25, 0.3) is 0 Å². The number of hydrogen-bond acceptors (Lipinski definition) is 6. The van der Waals surface area contributed by atoms with Crippen molar-refractivity contribution in [1.29, 1.82) is 0 Å². The first-order chi connectivity index (χ1) is 18.7. The molecule has 0 bridgehead atoms. The molecule has 1 rings (SSSR count). The predicted molar refractivity (Wildman–Crippen MR) is 161 cm³/mol. The molecule has 0 N–H and O–H groups in total. The molecule has 224 valence electrons. The highest BCUT2D eigenvalue weighted by molar-refractivity contribution is 6.20. The van der Waals surface area contributed by atoms with Gasteiger partial charge in [0.15, 0.2) is 11.6 Å². The Kier molecular flexibility index (Phi) is 15.1. The van der Waals surface area contributed by atoms with E-state index >= 15 is 0 Å². The van der Waals surface area contributed by atoms with Gasteiger partial charge in [0, 0.05) is 23.3 Å². The first-order valence-electron chi connectivity index (χ1n) is 14.9. The van der Waals surface area contributed by atoms with Crippen LogP contribution in [0, 0.1) is 22.7 Å². The fourth-order valence-corrected chi connectivity index (χ4v) is 5.05. The molecule has 0 saturated carbocycles. The summed E-state index contributed by atoms with van der Waals surface area (Å²) in [5, 5.41) is 0. The lowest BCUT2D eigenvalue weighted by Crippen LogP contribution is -2.30. The summed E-state index contributed by atoms with van der Waals surface area (Å²) in [6.07, 6.45) is 16.3. The zero-order valence-corrected chi connectivity index (χ0v) is 26.1. The Morgan fingerprint density at radius 3 is 1.38 bits per heavy atom. The Morgan fingerprint density at radius 1 is 0.700 bits per heavy atom. The molecule has 2 unspecified atom stereocenters. The average molecular weight is 557 g/mol. The van der Waals surface area contributed by atoms with Crippen molar-refractivity contribution in [3.05, 3.63) is 47.6 Å². The van der Waals surface area contributed by atoms with Gasteiger partial charge in [-0.15, -0.1) is 0 Å². The van der Waals surface area contributed by atoms with E-state index in [1.54, 1.807) is 38.2 Å². The minimum atomic E-state index is -0.400. The minimum absolute atomic E-state index is 0.0621. The molecule has 0 aromatic rings. The van der Waals surface area contributed by atoms with E-state index in [9.17, 15) is 19.2 Å². The first kappa shape index (κ1) is 35.3. The maximum absolute atomic E-state index is 13.2. The Bertz CT molecular complexity index is 912. The molecular formula is C34H52O6. The van der Waals surface area contributed by atoms with Gasteiger partial charge in [0.2, 0.25) is 0 Å². The molecule has 0 fully saturated rings. The number of esters is 2. The molecule has 0 aromatic carbocycles. The minimum Gasteiger partial charge on any atom is -0.463 e. The zero-order chi connectivity index (χ0) is 30.3. The number of ether oxygens (including phenoxy) is 2. The quantitative estimate of drug-likeness (QED) is 0.0978. The summed E-state index contributed by atoms with van der Waals surface area (Å²) >= 11 is 0. The number of allylic oxidation sites excluding steroid dienone is 6. The van der Waals surface area contributed by atoms with Gasteiger partial charge in [-0.25, -0.2) is 9.59 Å². The maximum atomic E-state index is 13.2. The summed E-state index contributed by atoms with van der Waals surface area (Å²) in [6, 6.07) is 0. The van der Waals surface area contributed by atoms with E-state index in [4.69, 9.17) is 9.47 Å². The summed E-state index contributed by atoms with van der Waals surface area (Å²) in [7, 11) is 0. The molecule has 0 heterocycles. The molecule has 1 aliphatic carbocycles. The van der Waals surface area contributed by atoms with Gasteiger partial charge < -0.3 is 9.47 Å². The van der Waals surface area contributed by atoms with Crippen molar-refractivity contribution in [2.75, 3.05) is 13.2 Å². The van der Waals surface area contributed by atoms with E-state index in [0.717, 1.165) is 51.4 Å². The lowest BCUT2D eigenvalue weighted by molar-refractivity contribution is -0.139. The van der Waals surface area contributed by atoms with Gasteiger partial charge in [0.1, 0.15) is 0 Å². The first-order valence-corrected chi connectivity index (χ1v) is 14.9. The van der Waals surface area contributed by atoms with Gasteiger partial charge >= 0.3 is 11.9 Å². The van der Waals surface area contributed by atoms with Crippen LogP contribution in [0.2, 0.25) is 0 Å². The van der Waals surface area contributed by atoms with Crippen LogP contribution in [0.5, 0.6) is 0 Å². The largest absolute Gasteiger partial charge is 0.463 e. The summed E-state index contributed by atoms with van der Waals surface area (Å²) < 4.78 is 10.4. The highest BCUT2D eigenvalue weighted by Gasteiger charge is 2.36. The molecule has 0 aliphatic heterocycles. The second-order valence-electron chi connectivity index (χ2n) is 12.5. The Labute approximate surface area is 242 Å². The molecule has 0 saturated heterocycles. The maximum Gasteiger partial charge on any atom is 0.330 e. The van der Waals surface area contributed by atoms with E-state index in [-0.39, 0.29) is 23.5 Å². The van der Waals surface area contributed by atoms with Gasteiger partial charge in [-0.1, -0.05) is 79.4 Å². The fourth-order valence-electron chi connectivity index (χ4n) is 5.05. The van der Waals surface area contributed by atoms with Crippen LogP contribution in [0.4, 0.5) is 0 Å². The smallest absolute Gasteiger partial charge is 0.330 e. The number of hydrogen-bond donors (Lipinski definition) is 0. The molecule has 6 nitrogen and oxygen atoms in total. The monoisotopic (exact) mass is 556 g/mol. The van der Waals surface area contributed by atoms with E-state index < -0.39 is 10.8 Å². The molecule has 6 heteroatoms. The van der Waals surface area contributed by atoms with Crippen molar-refractivity contribution >= 4 is 23.5 Å². The lowest BCUT2D eigenvalue weighted by Gasteiger charge is -2.33. The Balaban J connectivity index is 2.57. The number of carbonyl (C=O) groups excluding carboxylic acids is 4. The van der Waals surface area contributed by atoms with Crippen molar-refractivity contribution in [3.63, 3.8) is 0 Å². The van der Waals surface area contributed by atoms with Crippen molar-refractivity contribution in [2.24, 2.45) is 22.7 Å². The van der Waals surface area contributed by atoms with E-state index in [1.807, 2.05) is 27.7 Å². The zero-order valence-electron chi connectivity index (χ0n) is 26.1. The lowest BCUT2D eigenvalue weighted by atomic mass is 9.70. The number of ketones is 2. The van der Waals surface area contributed by atoms with Gasteiger partial charge in [-0.2, -0.15) is 0 Å². The van der Waals surface area contributed by atoms with E-state index in [0.29, 0.717) is 36.2 Å². The van der Waals surface area contributed by atoms with Crippen molar-refractivity contribution in [2.45, 2.75) is 107 Å². The second kappa shape index (κ2) is 17.1. The molecule has 2 atom stereocenters. The highest BCUT2D eigenvalue weighted by Crippen LogP contribution is 2.40. The summed E-state index contributed by atoms with van der Waals surface area (Å²) in [5.74, 6) is 0.0491. The molecule has 0 aromatic heterocycles. The van der Waals surface area contributed by atoms with Crippen LogP contribution in [-0.2, 0) is 28.7 Å². The topological polar surface area (TPSA) is 86.7 Å². The van der Waals surface area contributed by atoms with E-state index in [1.165, 1.54) is 12.2 Å². The van der Waals surface area contributed by atoms with Gasteiger partial charge in [0.25, 0.3) is 0 Å². The van der Waals surface area contributed by atoms with Crippen LogP contribution < -0.4 is 0 Å². The SMILES string of the molecule is CC=CC(=O)OCCC(C)CCCC(C)(C)C1=CC(=O)C(C(C)(C)CCCC(C)CCOC(=O)C=CC)=CC1=O. The van der Waals surface area contributed by atoms with Crippen LogP contribution in [0.3, 0.4) is 0 Å². The van der Waals surface area contributed by atoms with Gasteiger partial charge in [-0.05, 0) is 74.3 Å². The molecular weight excluding hydrogens is 504 g/mol. The van der Waals surface area contributed by atoms with Crippen LogP contribution >= 0.6 is 0 Å². The summed E-state index contributed by atoms with van der Waals surface area (Å²) in [5.41, 5.74) is 0.378. The third-order valence-electron chi connectivity index (χ3n) is 7.85. The normalized spacial score (nSPS) is 16.2. The van der Waals surface area contributed by atoms with E-state index in [2.05, 4.69) is 13.8 Å². The van der Waals surface area contributed by atoms with Crippen molar-refractivity contribution < 1.29 is 28.7 Å². The fraction of sp³-hybridized carbons (Fsp3) is 0.647. The molecule has 40 heavy (non-hydrogen) atoms. The predicted octanol–water partition coefficient (Wildman–Crippen LogP) is 7.68. The molecule has 1 aliphatic rings. The summed E-state index contributed by atoms with van der Waals surface area (Å²) in [4.78, 5) is 49.3. The molecule has 0 spiro atoms. The van der Waals surface area contributed by atoms with Crippen LogP contribution in [0.15, 0.2) is 47.6 Å². The van der Waals surface area contributed by atoms with Crippen LogP contribution in [-0.4, -0.2) is 36.7 Å². The second-order valence-corrected chi connectivity index (χ2v) is 12.5. The van der Waals surface area contributed by atoms with Gasteiger partial charge in [0.05, 0.1) is 13.2 Å². The Morgan fingerprint density at radius 2 is 1.05 bits per heavy atom. The Hall–Kier alpha value is -2.76. The van der Waals surface area contributed by atoms with Crippen molar-refractivity contribution in [1.82, 2.24) is 0 Å². The van der Waals surface area contributed by atoms with Crippen molar-refractivity contribution in [3.8, 4) is 0 Å². The third-order valence-corrected chi connectivity index (χ3v) is 7.85. The number of rotatable bonds is 18. The van der Waals surface area contributed by atoms with Gasteiger partial charge in [-0.3, -0.25) is 9.59 Å². The standard InChI is InChI=1S/C34H52O6/c1-9-13-31(37)39-21-17-25(3)15-11-19-33(5,6)27-23-30(36)28(24-29(27)35)34(7,8)20-12-16-26(4)18-22-40-32(38)14-10-2/h9-10,13-14,23-26H,11-12,15-22H2,1-8H3. The molecule has 0 amide bonds.